The highest BCUT2D eigenvalue weighted by atomic mass is 16.7. The van der Waals surface area contributed by atoms with Gasteiger partial charge in [0.05, 0.1) is 72.7 Å². The predicted octanol–water partition coefficient (Wildman–Crippen LogP) is 1.47. The van der Waals surface area contributed by atoms with Crippen molar-refractivity contribution in [3.8, 4) is 0 Å². The van der Waals surface area contributed by atoms with E-state index in [0.717, 1.165) is 31.4 Å². The van der Waals surface area contributed by atoms with Gasteiger partial charge in [0.15, 0.2) is 25.2 Å². The van der Waals surface area contributed by atoms with Crippen LogP contribution in [0.5, 0.6) is 0 Å². The monoisotopic (exact) mass is 498 g/mol. The van der Waals surface area contributed by atoms with Gasteiger partial charge < -0.3 is 37.9 Å². The molecule has 0 bridgehead atoms. The first-order valence-electron chi connectivity index (χ1n) is 12.1. The highest BCUT2D eigenvalue weighted by Crippen LogP contribution is 2.23. The van der Waals surface area contributed by atoms with Gasteiger partial charge >= 0.3 is 5.97 Å². The third kappa shape index (κ3) is 14.3. The molecule has 1 aromatic rings. The average molecular weight is 499 g/mol. The molecule has 0 aromatic carbocycles. The highest BCUT2D eigenvalue weighted by molar-refractivity contribution is 5.81. The van der Waals surface area contributed by atoms with E-state index < -0.39 is 5.97 Å². The number of rotatable bonds is 20. The van der Waals surface area contributed by atoms with E-state index in [1.54, 1.807) is 0 Å². The molecule has 2 rings (SSSR count). The molecule has 0 amide bonds. The lowest BCUT2D eigenvalue weighted by atomic mass is 10.2. The van der Waals surface area contributed by atoms with Gasteiger partial charge in [-0.05, 0) is 0 Å². The molecule has 0 aliphatic carbocycles. The van der Waals surface area contributed by atoms with Gasteiger partial charge in [-0.1, -0.05) is 13.5 Å². The van der Waals surface area contributed by atoms with E-state index in [4.69, 9.17) is 37.9 Å². The summed E-state index contributed by atoms with van der Waals surface area (Å²) in [7, 11) is 0. The second-order valence-corrected chi connectivity index (χ2v) is 7.91. The maximum absolute atomic E-state index is 10.8. The second-order valence-electron chi connectivity index (χ2n) is 7.91. The first-order valence-corrected chi connectivity index (χ1v) is 12.1. The van der Waals surface area contributed by atoms with Gasteiger partial charge in [0, 0.05) is 29.7 Å². The van der Waals surface area contributed by atoms with Crippen LogP contribution in [0, 0.1) is 5.92 Å². The lowest BCUT2D eigenvalue weighted by Gasteiger charge is -2.27. The van der Waals surface area contributed by atoms with Gasteiger partial charge in [-0.25, -0.2) is 9.36 Å². The second kappa shape index (κ2) is 19.3. The third-order valence-electron chi connectivity index (χ3n) is 4.87. The molecule has 198 valence electrons. The van der Waals surface area contributed by atoms with Gasteiger partial charge in [-0.15, -0.1) is 0 Å². The molecule has 10 nitrogen and oxygen atoms in total. The number of hydrogen-bond acceptors (Lipinski definition) is 9. The highest BCUT2D eigenvalue weighted by Gasteiger charge is 2.21. The van der Waals surface area contributed by atoms with E-state index >= 15 is 0 Å². The number of aromatic nitrogens is 1. The number of hydrogen-bond donors (Lipinski definition) is 0. The van der Waals surface area contributed by atoms with Crippen LogP contribution in [0.4, 0.5) is 0 Å². The van der Waals surface area contributed by atoms with Gasteiger partial charge in [0.1, 0.15) is 13.2 Å². The molecule has 2 heterocycles. The van der Waals surface area contributed by atoms with Crippen LogP contribution in [0.2, 0.25) is 0 Å². The Kier molecular flexibility index (Phi) is 16.2. The largest absolute Gasteiger partial charge is 0.460 e. The minimum atomic E-state index is -0.453. The van der Waals surface area contributed by atoms with Crippen molar-refractivity contribution in [2.75, 3.05) is 85.9 Å². The Hall–Kier alpha value is -1.92. The van der Waals surface area contributed by atoms with Crippen LogP contribution in [-0.2, 0) is 49.2 Å². The Morgan fingerprint density at radius 2 is 1.31 bits per heavy atom. The molecule has 0 unspecified atom stereocenters. The first kappa shape index (κ1) is 29.3. The summed E-state index contributed by atoms with van der Waals surface area (Å²) in [5.74, 6) is -0.00795. The Morgan fingerprint density at radius 3 is 1.80 bits per heavy atom. The normalized spacial score (nSPS) is 17.9. The van der Waals surface area contributed by atoms with Crippen molar-refractivity contribution in [3.05, 3.63) is 42.7 Å². The molecule has 0 radical (unpaired) electrons. The van der Waals surface area contributed by atoms with E-state index in [0.29, 0.717) is 72.0 Å². The number of carbonyl (C=O) groups excluding carboxylic acids is 1. The lowest BCUT2D eigenvalue weighted by Crippen LogP contribution is -2.35. The van der Waals surface area contributed by atoms with Crippen LogP contribution >= 0.6 is 0 Å². The zero-order chi connectivity index (χ0) is 25.0. The fourth-order valence-corrected chi connectivity index (χ4v) is 2.98. The zero-order valence-electron chi connectivity index (χ0n) is 20.8. The van der Waals surface area contributed by atoms with Gasteiger partial charge in [-0.3, -0.25) is 0 Å². The molecule has 35 heavy (non-hydrogen) atoms. The zero-order valence-corrected chi connectivity index (χ0v) is 20.8. The van der Waals surface area contributed by atoms with Crippen molar-refractivity contribution in [1.82, 2.24) is 0 Å². The van der Waals surface area contributed by atoms with Crippen LogP contribution < -0.4 is 4.57 Å². The molecular formula is C25H40NO9+. The molecule has 1 saturated heterocycles. The van der Waals surface area contributed by atoms with Crippen LogP contribution in [0.25, 0.3) is 0 Å². The van der Waals surface area contributed by atoms with E-state index in [1.165, 1.54) is 0 Å². The van der Waals surface area contributed by atoms with Crippen molar-refractivity contribution in [1.29, 1.82) is 0 Å². The Balaban J connectivity index is 1.31. The number of nitrogens with zero attached hydrogens (tertiary/aromatic N) is 1. The first-order chi connectivity index (χ1) is 17.2. The summed E-state index contributed by atoms with van der Waals surface area (Å²) in [6, 6.07) is 4.05. The molecule has 0 N–H and O–H groups in total. The summed E-state index contributed by atoms with van der Waals surface area (Å²) in [5, 5.41) is 0. The Labute approximate surface area is 208 Å². The quantitative estimate of drug-likeness (QED) is 0.115. The topological polar surface area (TPSA) is 94.8 Å². The Morgan fingerprint density at radius 1 is 0.857 bits per heavy atom. The average Bonchev–Trinajstić information content (AvgIpc) is 2.88. The van der Waals surface area contributed by atoms with Crippen molar-refractivity contribution in [3.63, 3.8) is 0 Å². The summed E-state index contributed by atoms with van der Waals surface area (Å²) >= 11 is 0. The molecule has 10 heteroatoms. The SMILES string of the molecule is C=CC(=O)OCCOCCOCCOCCOCCOCC[n+]1ccc(C2OCC(C)CO2)cc1. The van der Waals surface area contributed by atoms with E-state index in [-0.39, 0.29) is 12.9 Å². The van der Waals surface area contributed by atoms with E-state index in [1.807, 2.05) is 24.5 Å². The summed E-state index contributed by atoms with van der Waals surface area (Å²) < 4.78 is 45.5. The number of carbonyl (C=O) groups is 1. The smallest absolute Gasteiger partial charge is 0.330 e. The predicted molar refractivity (Wildman–Crippen MR) is 126 cm³/mol. The lowest BCUT2D eigenvalue weighted by molar-refractivity contribution is -0.698. The molecular weight excluding hydrogens is 458 g/mol. The van der Waals surface area contributed by atoms with Crippen molar-refractivity contribution in [2.45, 2.75) is 19.8 Å². The van der Waals surface area contributed by atoms with Gasteiger partial charge in [0.2, 0.25) is 0 Å². The number of ether oxygens (including phenoxy) is 8. The van der Waals surface area contributed by atoms with Crippen molar-refractivity contribution in [2.24, 2.45) is 5.92 Å². The summed E-state index contributed by atoms with van der Waals surface area (Å²) in [5.41, 5.74) is 1.03. The summed E-state index contributed by atoms with van der Waals surface area (Å²) in [6.07, 6.45) is 4.88. The summed E-state index contributed by atoms with van der Waals surface area (Å²) in [4.78, 5) is 10.8. The molecule has 0 atom stereocenters. The molecule has 1 aromatic heterocycles. The molecule has 1 fully saturated rings. The number of pyridine rings is 1. The van der Waals surface area contributed by atoms with E-state index in [9.17, 15) is 4.79 Å². The summed E-state index contributed by atoms with van der Waals surface area (Å²) in [6.45, 7) is 12.7. The standard InChI is InChI=1S/C25H40NO9/c1-3-24(27)33-19-18-32-17-16-31-15-14-30-13-12-29-11-10-28-9-8-26-6-4-23(5-7-26)25-34-20-22(2)21-35-25/h3-7,22,25H,1,8-21H2,2H3/q+1. The van der Waals surface area contributed by atoms with Gasteiger partial charge in [0.25, 0.3) is 0 Å². The van der Waals surface area contributed by atoms with Crippen LogP contribution in [0.3, 0.4) is 0 Å². The fraction of sp³-hybridized carbons (Fsp3) is 0.680. The maximum atomic E-state index is 10.8. The fourth-order valence-electron chi connectivity index (χ4n) is 2.98. The van der Waals surface area contributed by atoms with Crippen LogP contribution in [0.15, 0.2) is 37.2 Å². The maximum Gasteiger partial charge on any atom is 0.330 e. The molecule has 1 aliphatic heterocycles. The van der Waals surface area contributed by atoms with Crippen molar-refractivity contribution < 1.29 is 47.3 Å². The Bertz CT molecular complexity index is 678. The molecule has 0 spiro atoms. The van der Waals surface area contributed by atoms with Crippen molar-refractivity contribution >= 4 is 5.97 Å². The number of esters is 1. The van der Waals surface area contributed by atoms with Gasteiger partial charge in [-0.2, -0.15) is 0 Å². The third-order valence-corrected chi connectivity index (χ3v) is 4.87. The minimum Gasteiger partial charge on any atom is -0.460 e. The molecule has 0 saturated carbocycles. The van der Waals surface area contributed by atoms with Crippen LogP contribution in [-0.4, -0.2) is 91.9 Å². The molecule has 1 aliphatic rings. The van der Waals surface area contributed by atoms with Crippen LogP contribution in [0.1, 0.15) is 18.8 Å². The minimum absolute atomic E-state index is 0.206. The van der Waals surface area contributed by atoms with E-state index in [2.05, 4.69) is 18.1 Å².